The number of carbonyl (C=O) groups excluding carboxylic acids is 2. The highest BCUT2D eigenvalue weighted by molar-refractivity contribution is 8.01. The number of halogens is 2. The summed E-state index contributed by atoms with van der Waals surface area (Å²) in [5, 5.41) is 3.41. The predicted octanol–water partition coefficient (Wildman–Crippen LogP) is 6.05. The van der Waals surface area contributed by atoms with Gasteiger partial charge in [0.1, 0.15) is 0 Å². The number of hydrogen-bond acceptors (Lipinski definition) is 6. The number of nitrogens with zero attached hydrogens (tertiary/aromatic N) is 1. The smallest absolute Gasteiger partial charge is 0.306 e. The SMILES string of the molecule is C[C@H](OC(=O)CCCSc1nc2ccccc2s1)C(=O)Nc1ccc(Cl)cc1Cl. The number of aromatic nitrogens is 1. The molecular formula is C20H18Cl2N2O3S2. The standard InChI is InChI=1S/C20H18Cl2N2O3S2/c1-12(19(26)23-15-9-8-13(21)11-14(15)22)27-18(25)7-4-10-28-20-24-16-5-2-3-6-17(16)29-20/h2-3,5-6,8-9,11-12H,4,7,10H2,1H3,(H,23,26)/t12-/m0/s1. The van der Waals surface area contributed by atoms with Crippen molar-refractivity contribution in [3.63, 3.8) is 0 Å². The Hall–Kier alpha value is -1.80. The van der Waals surface area contributed by atoms with Crippen LogP contribution >= 0.6 is 46.3 Å². The van der Waals surface area contributed by atoms with Crippen LogP contribution in [-0.2, 0) is 14.3 Å². The Labute approximate surface area is 186 Å². The zero-order valence-corrected chi connectivity index (χ0v) is 18.6. The molecule has 1 N–H and O–H groups in total. The second-order valence-corrected chi connectivity index (χ2v) is 9.36. The second-order valence-electron chi connectivity index (χ2n) is 6.15. The van der Waals surface area contributed by atoms with E-state index in [1.165, 1.54) is 13.0 Å². The fourth-order valence-corrected chi connectivity index (χ4v) is 4.96. The van der Waals surface area contributed by atoms with Crippen molar-refractivity contribution in [2.24, 2.45) is 0 Å². The largest absolute Gasteiger partial charge is 0.453 e. The molecule has 2 aromatic carbocycles. The number of fused-ring (bicyclic) bond motifs is 1. The Morgan fingerprint density at radius 3 is 2.79 bits per heavy atom. The van der Waals surface area contributed by atoms with E-state index in [2.05, 4.69) is 10.3 Å². The van der Waals surface area contributed by atoms with E-state index in [9.17, 15) is 9.59 Å². The molecule has 29 heavy (non-hydrogen) atoms. The van der Waals surface area contributed by atoms with E-state index in [1.54, 1.807) is 35.2 Å². The van der Waals surface area contributed by atoms with Gasteiger partial charge in [-0.2, -0.15) is 0 Å². The Bertz CT molecular complexity index is 993. The van der Waals surface area contributed by atoms with Crippen LogP contribution in [0.2, 0.25) is 10.0 Å². The molecule has 0 saturated heterocycles. The molecule has 1 heterocycles. The molecule has 3 rings (SSSR count). The van der Waals surface area contributed by atoms with Gasteiger partial charge >= 0.3 is 5.97 Å². The quantitative estimate of drug-likeness (QED) is 0.247. The summed E-state index contributed by atoms with van der Waals surface area (Å²) in [6.45, 7) is 1.52. The number of benzene rings is 2. The number of anilines is 1. The number of ether oxygens (including phenoxy) is 1. The Morgan fingerprint density at radius 1 is 1.24 bits per heavy atom. The zero-order valence-electron chi connectivity index (χ0n) is 15.5. The molecule has 0 aliphatic rings. The molecule has 0 aliphatic carbocycles. The van der Waals surface area contributed by atoms with Gasteiger partial charge in [-0.1, -0.05) is 47.1 Å². The number of rotatable bonds is 8. The maximum Gasteiger partial charge on any atom is 0.306 e. The molecule has 0 radical (unpaired) electrons. The van der Waals surface area contributed by atoms with E-state index < -0.39 is 18.0 Å². The lowest BCUT2D eigenvalue weighted by Crippen LogP contribution is -2.30. The topological polar surface area (TPSA) is 68.3 Å². The Morgan fingerprint density at radius 2 is 2.03 bits per heavy atom. The third-order valence-corrected chi connectivity index (χ3v) is 6.70. The fourth-order valence-electron chi connectivity index (χ4n) is 2.42. The third-order valence-electron chi connectivity index (χ3n) is 3.89. The average Bonchev–Trinajstić information content (AvgIpc) is 3.10. The van der Waals surface area contributed by atoms with E-state index in [4.69, 9.17) is 27.9 Å². The summed E-state index contributed by atoms with van der Waals surface area (Å²) in [5.41, 5.74) is 1.40. The van der Waals surface area contributed by atoms with Crippen molar-refractivity contribution in [3.05, 3.63) is 52.5 Å². The van der Waals surface area contributed by atoms with E-state index in [0.29, 0.717) is 22.2 Å². The van der Waals surface area contributed by atoms with Crippen LogP contribution in [0.15, 0.2) is 46.8 Å². The summed E-state index contributed by atoms with van der Waals surface area (Å²) in [4.78, 5) is 28.7. The summed E-state index contributed by atoms with van der Waals surface area (Å²) in [6.07, 6.45) is -0.0558. The van der Waals surface area contributed by atoms with Crippen LogP contribution in [0.4, 0.5) is 5.69 Å². The van der Waals surface area contributed by atoms with Crippen LogP contribution in [-0.4, -0.2) is 28.7 Å². The molecule has 0 unspecified atom stereocenters. The molecule has 0 fully saturated rings. The number of hydrogen-bond donors (Lipinski definition) is 1. The van der Waals surface area contributed by atoms with Crippen LogP contribution in [0.5, 0.6) is 0 Å². The van der Waals surface area contributed by atoms with Crippen LogP contribution < -0.4 is 5.32 Å². The normalized spacial score (nSPS) is 12.0. The van der Waals surface area contributed by atoms with Gasteiger partial charge in [-0.25, -0.2) is 4.98 Å². The minimum absolute atomic E-state index is 0.233. The van der Waals surface area contributed by atoms with Crippen molar-refractivity contribution in [3.8, 4) is 0 Å². The van der Waals surface area contributed by atoms with Crippen molar-refractivity contribution in [1.82, 2.24) is 4.98 Å². The number of thiazole rings is 1. The molecule has 1 amide bonds. The molecule has 1 atom stereocenters. The predicted molar refractivity (Wildman–Crippen MR) is 120 cm³/mol. The van der Waals surface area contributed by atoms with Crippen LogP contribution in [0.3, 0.4) is 0 Å². The molecule has 0 bridgehead atoms. The van der Waals surface area contributed by atoms with Crippen molar-refractivity contribution >= 4 is 74.1 Å². The molecule has 5 nitrogen and oxygen atoms in total. The molecule has 3 aromatic rings. The fraction of sp³-hybridized carbons (Fsp3) is 0.250. The van der Waals surface area contributed by atoms with Gasteiger partial charge in [-0.15, -0.1) is 11.3 Å². The first-order valence-corrected chi connectivity index (χ1v) is 11.4. The lowest BCUT2D eigenvalue weighted by molar-refractivity contribution is -0.153. The second kappa shape index (κ2) is 10.3. The monoisotopic (exact) mass is 468 g/mol. The first-order chi connectivity index (χ1) is 13.9. The van der Waals surface area contributed by atoms with Gasteiger partial charge in [0, 0.05) is 17.2 Å². The Kier molecular flexibility index (Phi) is 7.77. The first-order valence-electron chi connectivity index (χ1n) is 8.86. The number of carbonyl (C=O) groups is 2. The van der Waals surface area contributed by atoms with Gasteiger partial charge in [-0.3, -0.25) is 9.59 Å². The summed E-state index contributed by atoms with van der Waals surface area (Å²) >= 11 is 15.1. The number of esters is 1. The van der Waals surface area contributed by atoms with Crippen LogP contribution in [0, 0.1) is 0 Å². The number of para-hydroxylation sites is 1. The van der Waals surface area contributed by atoms with Crippen molar-refractivity contribution in [1.29, 1.82) is 0 Å². The number of thioether (sulfide) groups is 1. The minimum atomic E-state index is -0.925. The number of amides is 1. The van der Waals surface area contributed by atoms with E-state index in [0.717, 1.165) is 20.3 Å². The number of nitrogens with one attached hydrogen (secondary N) is 1. The molecule has 1 aromatic heterocycles. The van der Waals surface area contributed by atoms with E-state index >= 15 is 0 Å². The van der Waals surface area contributed by atoms with Gasteiger partial charge in [0.25, 0.3) is 5.91 Å². The summed E-state index contributed by atoms with van der Waals surface area (Å²) < 4.78 is 7.33. The van der Waals surface area contributed by atoms with Gasteiger partial charge in [-0.05, 0) is 43.7 Å². The maximum atomic E-state index is 12.2. The van der Waals surface area contributed by atoms with Crippen molar-refractivity contribution in [2.75, 3.05) is 11.1 Å². The van der Waals surface area contributed by atoms with Crippen molar-refractivity contribution in [2.45, 2.75) is 30.2 Å². The van der Waals surface area contributed by atoms with Gasteiger partial charge in [0.05, 0.1) is 20.9 Å². The van der Waals surface area contributed by atoms with Gasteiger partial charge in [0.2, 0.25) is 0 Å². The lowest BCUT2D eigenvalue weighted by atomic mass is 10.3. The maximum absolute atomic E-state index is 12.2. The summed E-state index contributed by atoms with van der Waals surface area (Å²) in [6, 6.07) is 12.7. The molecular weight excluding hydrogens is 451 g/mol. The molecule has 0 saturated carbocycles. The first kappa shape index (κ1) is 21.9. The Balaban J connectivity index is 1.39. The third kappa shape index (κ3) is 6.34. The summed E-state index contributed by atoms with van der Waals surface area (Å²) in [7, 11) is 0. The average molecular weight is 469 g/mol. The summed E-state index contributed by atoms with van der Waals surface area (Å²) in [5.74, 6) is -0.123. The highest BCUT2D eigenvalue weighted by atomic mass is 35.5. The zero-order chi connectivity index (χ0) is 20.8. The van der Waals surface area contributed by atoms with Crippen LogP contribution in [0.25, 0.3) is 10.2 Å². The highest BCUT2D eigenvalue weighted by Gasteiger charge is 2.18. The van der Waals surface area contributed by atoms with E-state index in [-0.39, 0.29) is 6.42 Å². The minimum Gasteiger partial charge on any atom is -0.453 e. The van der Waals surface area contributed by atoms with E-state index in [1.807, 2.05) is 24.3 Å². The van der Waals surface area contributed by atoms with Crippen molar-refractivity contribution < 1.29 is 14.3 Å². The molecule has 9 heteroatoms. The van der Waals surface area contributed by atoms with Gasteiger partial charge in [0.15, 0.2) is 10.4 Å². The molecule has 152 valence electrons. The molecule has 0 spiro atoms. The molecule has 0 aliphatic heterocycles. The highest BCUT2D eigenvalue weighted by Crippen LogP contribution is 2.30. The van der Waals surface area contributed by atoms with Gasteiger partial charge < -0.3 is 10.1 Å². The van der Waals surface area contributed by atoms with Crippen LogP contribution in [0.1, 0.15) is 19.8 Å². The lowest BCUT2D eigenvalue weighted by Gasteiger charge is -2.14.